The Morgan fingerprint density at radius 1 is 0.826 bits per heavy atom. The Balaban J connectivity index is 0.000000174. The molecule has 0 bridgehead atoms. The van der Waals surface area contributed by atoms with E-state index < -0.39 is 40.7 Å². The van der Waals surface area contributed by atoms with Crippen LogP contribution in [0.2, 0.25) is 0 Å². The zero-order valence-electron chi connectivity index (χ0n) is 10.8. The Bertz CT molecular complexity index is 812. The lowest BCUT2D eigenvalue weighted by atomic mass is 10.2. The van der Waals surface area contributed by atoms with Crippen molar-refractivity contribution >= 4 is 26.9 Å². The molecule has 2 nitrogen and oxygen atoms in total. The number of furan rings is 1. The molecule has 0 aliphatic rings. The van der Waals surface area contributed by atoms with Crippen molar-refractivity contribution in [3.05, 3.63) is 63.8 Å². The number of phenols is 1. The number of hydrogen-bond acceptors (Lipinski definition) is 2. The van der Waals surface area contributed by atoms with Crippen LogP contribution in [0.3, 0.4) is 0 Å². The quantitative estimate of drug-likeness (QED) is 0.311. The first-order valence-corrected chi connectivity index (χ1v) is 6.56. The van der Waals surface area contributed by atoms with Gasteiger partial charge in [-0.2, -0.15) is 0 Å². The van der Waals surface area contributed by atoms with Crippen LogP contribution in [0.5, 0.6) is 5.75 Å². The lowest BCUT2D eigenvalue weighted by molar-refractivity contribution is 0.419. The van der Waals surface area contributed by atoms with E-state index in [9.17, 15) is 26.3 Å². The zero-order valence-corrected chi connectivity index (χ0v) is 12.4. The van der Waals surface area contributed by atoms with Crippen molar-refractivity contribution in [2.45, 2.75) is 0 Å². The van der Waals surface area contributed by atoms with Crippen LogP contribution in [0.15, 0.2) is 33.4 Å². The predicted molar refractivity (Wildman–Crippen MR) is 71.8 cm³/mol. The monoisotopic (exact) mass is 398 g/mol. The van der Waals surface area contributed by atoms with Gasteiger partial charge in [0.1, 0.15) is 5.75 Å². The third-order valence-corrected chi connectivity index (χ3v) is 3.36. The van der Waals surface area contributed by atoms with Gasteiger partial charge in [0.25, 0.3) is 0 Å². The highest BCUT2D eigenvalue weighted by Gasteiger charge is 2.20. The minimum atomic E-state index is -1.57. The second-order valence-electron chi connectivity index (χ2n) is 4.14. The number of fused-ring (bicyclic) bond motifs is 1. The Morgan fingerprint density at radius 2 is 1.39 bits per heavy atom. The van der Waals surface area contributed by atoms with Gasteiger partial charge in [-0.05, 0) is 22.0 Å². The van der Waals surface area contributed by atoms with E-state index in [2.05, 4.69) is 15.9 Å². The smallest absolute Gasteiger partial charge is 0.196 e. The van der Waals surface area contributed by atoms with Crippen molar-refractivity contribution in [2.24, 2.45) is 0 Å². The summed E-state index contributed by atoms with van der Waals surface area (Å²) in [6, 6.07) is 2.23. The summed E-state index contributed by atoms with van der Waals surface area (Å²) in [7, 11) is 0. The molecule has 0 saturated heterocycles. The summed E-state index contributed by atoms with van der Waals surface area (Å²) < 4.78 is 79.4. The van der Waals surface area contributed by atoms with Gasteiger partial charge in [-0.15, -0.1) is 0 Å². The van der Waals surface area contributed by atoms with Gasteiger partial charge >= 0.3 is 0 Å². The Kier molecular flexibility index (Phi) is 4.88. The first kappa shape index (κ1) is 17.2. The minimum Gasteiger partial charge on any atom is -0.508 e. The Hall–Kier alpha value is -2.16. The molecule has 0 amide bonds. The van der Waals surface area contributed by atoms with Gasteiger partial charge in [0.05, 0.1) is 16.1 Å². The summed E-state index contributed by atoms with van der Waals surface area (Å²) in [4.78, 5) is 0. The van der Waals surface area contributed by atoms with E-state index in [1.807, 2.05) is 0 Å². The van der Waals surface area contributed by atoms with E-state index in [-0.39, 0.29) is 15.4 Å². The maximum Gasteiger partial charge on any atom is 0.196 e. The number of phenolic OH excluding ortho intramolecular Hbond substituents is 1. The molecule has 0 fully saturated rings. The van der Waals surface area contributed by atoms with Crippen molar-refractivity contribution < 1.29 is 35.9 Å². The van der Waals surface area contributed by atoms with Crippen LogP contribution in [0.4, 0.5) is 26.3 Å². The fraction of sp³-hybridized carbons (Fsp3) is 0. The van der Waals surface area contributed by atoms with E-state index in [1.54, 1.807) is 0 Å². The van der Waals surface area contributed by atoms with Gasteiger partial charge in [0, 0.05) is 12.1 Å². The molecule has 3 rings (SSSR count). The molecule has 1 heterocycles. The van der Waals surface area contributed by atoms with Gasteiger partial charge in [0.2, 0.25) is 0 Å². The molecule has 0 atom stereocenters. The van der Waals surface area contributed by atoms with Crippen molar-refractivity contribution in [1.82, 2.24) is 0 Å². The molecule has 23 heavy (non-hydrogen) atoms. The second-order valence-corrected chi connectivity index (χ2v) is 4.94. The van der Waals surface area contributed by atoms with Gasteiger partial charge in [0.15, 0.2) is 40.5 Å². The minimum absolute atomic E-state index is 0.0311. The van der Waals surface area contributed by atoms with E-state index in [0.29, 0.717) is 12.1 Å². The highest BCUT2D eigenvalue weighted by Crippen LogP contribution is 2.32. The summed E-state index contributed by atoms with van der Waals surface area (Å²) in [5.74, 6) is -8.99. The molecule has 9 heteroatoms. The average Bonchev–Trinajstić information content (AvgIpc) is 2.99. The molecule has 0 unspecified atom stereocenters. The van der Waals surface area contributed by atoms with Crippen molar-refractivity contribution in [3.63, 3.8) is 0 Å². The molecule has 1 aromatic heterocycles. The zero-order chi connectivity index (χ0) is 17.3. The van der Waals surface area contributed by atoms with Crippen LogP contribution in [0.25, 0.3) is 11.0 Å². The standard InChI is InChI=1S/C8H2BrF3O.C6H3F3O/c9-4-6(11)7(12)5(10)3-1-2-13-8(3)4;7-4-1-3(10)2-5(8)6(4)9/h1-2H;1-2,10H. The molecule has 0 aliphatic heterocycles. The van der Waals surface area contributed by atoms with E-state index >= 15 is 0 Å². The molecule has 0 radical (unpaired) electrons. The van der Waals surface area contributed by atoms with Gasteiger partial charge in [-0.25, -0.2) is 26.3 Å². The predicted octanol–water partition coefficient (Wildman–Crippen LogP) is 5.42. The largest absolute Gasteiger partial charge is 0.508 e. The van der Waals surface area contributed by atoms with Crippen LogP contribution in [0, 0.1) is 34.9 Å². The molecular weight excluding hydrogens is 394 g/mol. The maximum atomic E-state index is 13.0. The highest BCUT2D eigenvalue weighted by molar-refractivity contribution is 9.10. The fourth-order valence-corrected chi connectivity index (χ4v) is 2.09. The molecule has 3 aromatic rings. The van der Waals surface area contributed by atoms with Crippen molar-refractivity contribution in [3.8, 4) is 5.75 Å². The molecule has 0 aliphatic carbocycles. The number of hydrogen-bond donors (Lipinski definition) is 1. The molecule has 0 saturated carbocycles. The second kappa shape index (κ2) is 6.53. The third-order valence-electron chi connectivity index (χ3n) is 2.65. The lowest BCUT2D eigenvalue weighted by Crippen LogP contribution is -1.92. The lowest BCUT2D eigenvalue weighted by Gasteiger charge is -1.99. The first-order valence-electron chi connectivity index (χ1n) is 5.76. The number of rotatable bonds is 0. The topological polar surface area (TPSA) is 33.4 Å². The molecule has 122 valence electrons. The molecular formula is C14H5BrF6O2. The van der Waals surface area contributed by atoms with E-state index in [1.165, 1.54) is 6.07 Å². The Labute approximate surface area is 133 Å². The van der Waals surface area contributed by atoms with Crippen LogP contribution in [0.1, 0.15) is 0 Å². The molecule has 0 spiro atoms. The SMILES string of the molecule is Fc1c(F)c(Br)c2occc2c1F.Oc1cc(F)c(F)c(F)c1. The van der Waals surface area contributed by atoms with Crippen molar-refractivity contribution in [1.29, 1.82) is 0 Å². The fourth-order valence-electron chi connectivity index (χ4n) is 1.60. The van der Waals surface area contributed by atoms with E-state index in [4.69, 9.17) is 9.52 Å². The third kappa shape index (κ3) is 3.29. The van der Waals surface area contributed by atoms with Gasteiger partial charge in [-0.1, -0.05) is 0 Å². The number of halogens is 7. The summed E-state index contributed by atoms with van der Waals surface area (Å²) in [6.07, 6.45) is 1.16. The van der Waals surface area contributed by atoms with Gasteiger partial charge in [-0.3, -0.25) is 0 Å². The van der Waals surface area contributed by atoms with Gasteiger partial charge < -0.3 is 9.52 Å². The van der Waals surface area contributed by atoms with Crippen molar-refractivity contribution in [2.75, 3.05) is 0 Å². The average molecular weight is 399 g/mol. The summed E-state index contributed by atoms with van der Waals surface area (Å²) >= 11 is 2.77. The summed E-state index contributed by atoms with van der Waals surface area (Å²) in [6.45, 7) is 0. The number of benzene rings is 2. The first-order chi connectivity index (χ1) is 10.7. The summed E-state index contributed by atoms with van der Waals surface area (Å²) in [5.41, 5.74) is -0.0311. The van der Waals surface area contributed by atoms with Crippen LogP contribution >= 0.6 is 15.9 Å². The highest BCUT2D eigenvalue weighted by atomic mass is 79.9. The summed E-state index contributed by atoms with van der Waals surface area (Å²) in [5, 5.41) is 8.39. The van der Waals surface area contributed by atoms with Crippen LogP contribution < -0.4 is 0 Å². The maximum absolute atomic E-state index is 13.0. The normalized spacial score (nSPS) is 10.6. The van der Waals surface area contributed by atoms with Crippen LogP contribution in [-0.4, -0.2) is 5.11 Å². The van der Waals surface area contributed by atoms with E-state index in [0.717, 1.165) is 6.26 Å². The number of aromatic hydroxyl groups is 1. The Morgan fingerprint density at radius 3 is 1.96 bits per heavy atom. The molecule has 1 N–H and O–H groups in total. The van der Waals surface area contributed by atoms with Crippen LogP contribution in [-0.2, 0) is 0 Å². The molecule has 2 aromatic carbocycles.